The van der Waals surface area contributed by atoms with Gasteiger partial charge >= 0.3 is 0 Å². The molecule has 3 nitrogen and oxygen atoms in total. The number of nitrogen functional groups attached to an aromatic ring is 1. The van der Waals surface area contributed by atoms with Crippen LogP contribution in [0.15, 0.2) is 39.7 Å². The monoisotopic (exact) mass is 310 g/mol. The Morgan fingerprint density at radius 3 is 2.89 bits per heavy atom. The Bertz CT molecular complexity index is 652. The Morgan fingerprint density at radius 1 is 1.44 bits per heavy atom. The van der Waals surface area contributed by atoms with E-state index in [4.69, 9.17) is 5.73 Å². The summed E-state index contributed by atoms with van der Waals surface area (Å²) in [6.45, 7) is 1.88. The van der Waals surface area contributed by atoms with Crippen molar-refractivity contribution in [1.82, 2.24) is 4.57 Å². The predicted molar refractivity (Wildman–Crippen MR) is 73.1 cm³/mol. The van der Waals surface area contributed by atoms with Crippen molar-refractivity contribution in [2.45, 2.75) is 13.5 Å². The van der Waals surface area contributed by atoms with Crippen LogP contribution < -0.4 is 11.3 Å². The molecule has 1 aromatic heterocycles. The number of halogens is 2. The molecule has 0 bridgehead atoms. The first-order valence-corrected chi connectivity index (χ1v) is 6.18. The Kier molecular flexibility index (Phi) is 3.52. The molecule has 0 saturated carbocycles. The van der Waals surface area contributed by atoms with E-state index in [0.717, 1.165) is 4.47 Å². The zero-order valence-electron chi connectivity index (χ0n) is 9.78. The zero-order valence-corrected chi connectivity index (χ0v) is 11.4. The molecule has 0 aliphatic rings. The van der Waals surface area contributed by atoms with Crippen molar-refractivity contribution in [3.8, 4) is 0 Å². The number of nitrogens with zero attached hydrogens (tertiary/aromatic N) is 1. The molecule has 5 heteroatoms. The Hall–Kier alpha value is -1.62. The third-order valence-electron chi connectivity index (χ3n) is 2.68. The number of pyridine rings is 1. The molecule has 0 aliphatic carbocycles. The van der Waals surface area contributed by atoms with Gasteiger partial charge in [-0.3, -0.25) is 4.79 Å². The molecular formula is C13H12BrFN2O. The second-order valence-electron chi connectivity index (χ2n) is 4.09. The quantitative estimate of drug-likeness (QED) is 0.867. The van der Waals surface area contributed by atoms with Crippen molar-refractivity contribution >= 4 is 21.6 Å². The van der Waals surface area contributed by atoms with Crippen molar-refractivity contribution in [2.75, 3.05) is 5.73 Å². The highest BCUT2D eigenvalue weighted by Gasteiger charge is 2.08. The molecule has 18 heavy (non-hydrogen) atoms. The van der Waals surface area contributed by atoms with Gasteiger partial charge in [0.2, 0.25) is 0 Å². The van der Waals surface area contributed by atoms with Crippen LogP contribution in [-0.4, -0.2) is 4.57 Å². The fourth-order valence-electron chi connectivity index (χ4n) is 1.76. The van der Waals surface area contributed by atoms with Gasteiger partial charge in [-0.05, 0) is 35.0 Å². The molecule has 0 atom stereocenters. The molecular weight excluding hydrogens is 299 g/mol. The summed E-state index contributed by atoms with van der Waals surface area (Å²) in [5, 5.41) is 0. The third-order valence-corrected chi connectivity index (χ3v) is 3.11. The molecule has 2 rings (SSSR count). The molecule has 0 aliphatic heterocycles. The fourth-order valence-corrected chi connectivity index (χ4v) is 2.35. The smallest absolute Gasteiger partial charge is 0.253 e. The lowest BCUT2D eigenvalue weighted by Crippen LogP contribution is -2.22. The van der Waals surface area contributed by atoms with Gasteiger partial charge in [-0.25, -0.2) is 4.39 Å². The number of aromatic nitrogens is 1. The van der Waals surface area contributed by atoms with Crippen LogP contribution in [0, 0.1) is 12.7 Å². The van der Waals surface area contributed by atoms with Gasteiger partial charge in [0, 0.05) is 21.8 Å². The highest BCUT2D eigenvalue weighted by molar-refractivity contribution is 9.10. The minimum atomic E-state index is -0.470. The van der Waals surface area contributed by atoms with Gasteiger partial charge in [0.1, 0.15) is 0 Å². The molecule has 0 fully saturated rings. The number of anilines is 1. The van der Waals surface area contributed by atoms with Gasteiger partial charge in [-0.2, -0.15) is 0 Å². The highest BCUT2D eigenvalue weighted by Crippen LogP contribution is 2.16. The predicted octanol–water partition coefficient (Wildman–Crippen LogP) is 2.69. The fraction of sp³-hybridized carbons (Fsp3) is 0.154. The van der Waals surface area contributed by atoms with Crippen LogP contribution in [0.25, 0.3) is 0 Å². The largest absolute Gasteiger partial charge is 0.396 e. The normalized spacial score (nSPS) is 10.6. The van der Waals surface area contributed by atoms with E-state index in [-0.39, 0.29) is 17.8 Å². The molecule has 0 amide bonds. The number of rotatable bonds is 2. The summed E-state index contributed by atoms with van der Waals surface area (Å²) in [5.74, 6) is -0.470. The maximum atomic E-state index is 13.8. The lowest BCUT2D eigenvalue weighted by Gasteiger charge is -2.09. The van der Waals surface area contributed by atoms with Crippen LogP contribution in [0.2, 0.25) is 0 Å². The number of benzene rings is 1. The first-order chi connectivity index (χ1) is 8.49. The van der Waals surface area contributed by atoms with E-state index in [1.807, 2.05) is 0 Å². The van der Waals surface area contributed by atoms with Crippen molar-refractivity contribution in [3.63, 3.8) is 0 Å². The van der Waals surface area contributed by atoms with E-state index in [1.54, 1.807) is 31.3 Å². The van der Waals surface area contributed by atoms with E-state index >= 15 is 0 Å². The molecule has 0 radical (unpaired) electrons. The van der Waals surface area contributed by atoms with Gasteiger partial charge < -0.3 is 10.3 Å². The SMILES string of the molecule is Cc1cc(Br)cn(Cc2cccc(N)c2F)c1=O. The van der Waals surface area contributed by atoms with Crippen LogP contribution >= 0.6 is 15.9 Å². The first-order valence-electron chi connectivity index (χ1n) is 5.38. The number of hydrogen-bond acceptors (Lipinski definition) is 2. The maximum Gasteiger partial charge on any atom is 0.253 e. The summed E-state index contributed by atoms with van der Waals surface area (Å²) in [5.41, 5.74) is 6.45. The van der Waals surface area contributed by atoms with Gasteiger partial charge in [0.25, 0.3) is 5.56 Å². The van der Waals surface area contributed by atoms with E-state index in [1.165, 1.54) is 10.6 Å². The topological polar surface area (TPSA) is 48.0 Å². The molecule has 1 heterocycles. The average molecular weight is 311 g/mol. The zero-order chi connectivity index (χ0) is 13.3. The van der Waals surface area contributed by atoms with Crippen LogP contribution in [0.4, 0.5) is 10.1 Å². The summed E-state index contributed by atoms with van der Waals surface area (Å²) in [7, 11) is 0. The molecule has 0 unspecified atom stereocenters. The summed E-state index contributed by atoms with van der Waals surface area (Å²) in [6.07, 6.45) is 1.64. The van der Waals surface area contributed by atoms with Crippen molar-refractivity contribution < 1.29 is 4.39 Å². The summed E-state index contributed by atoms with van der Waals surface area (Å²) in [6, 6.07) is 6.51. The maximum absolute atomic E-state index is 13.8. The summed E-state index contributed by atoms with van der Waals surface area (Å²) >= 11 is 3.32. The van der Waals surface area contributed by atoms with Crippen molar-refractivity contribution in [2.24, 2.45) is 0 Å². The minimum Gasteiger partial charge on any atom is -0.396 e. The molecule has 0 saturated heterocycles. The van der Waals surface area contributed by atoms with Gasteiger partial charge in [-0.15, -0.1) is 0 Å². The Balaban J connectivity index is 2.46. The Labute approximate surface area is 112 Å². The lowest BCUT2D eigenvalue weighted by atomic mass is 10.2. The van der Waals surface area contributed by atoms with Crippen molar-refractivity contribution in [1.29, 1.82) is 0 Å². The van der Waals surface area contributed by atoms with E-state index < -0.39 is 5.82 Å². The number of hydrogen-bond donors (Lipinski definition) is 1. The van der Waals surface area contributed by atoms with Gasteiger partial charge in [0.05, 0.1) is 12.2 Å². The molecule has 2 N–H and O–H groups in total. The van der Waals surface area contributed by atoms with E-state index in [9.17, 15) is 9.18 Å². The highest BCUT2D eigenvalue weighted by atomic mass is 79.9. The van der Waals surface area contributed by atoms with Crippen molar-refractivity contribution in [3.05, 3.63) is 62.2 Å². The van der Waals surface area contributed by atoms with Gasteiger partial charge in [-0.1, -0.05) is 12.1 Å². The second kappa shape index (κ2) is 4.94. The van der Waals surface area contributed by atoms with E-state index in [2.05, 4.69) is 15.9 Å². The number of nitrogens with two attached hydrogens (primary N) is 1. The first kappa shape index (κ1) is 12.8. The second-order valence-corrected chi connectivity index (χ2v) is 5.01. The third kappa shape index (κ3) is 2.46. The molecule has 94 valence electrons. The summed E-state index contributed by atoms with van der Waals surface area (Å²) in [4.78, 5) is 11.9. The van der Waals surface area contributed by atoms with Crippen LogP contribution in [0.3, 0.4) is 0 Å². The van der Waals surface area contributed by atoms with Crippen LogP contribution in [0.5, 0.6) is 0 Å². The summed E-state index contributed by atoms with van der Waals surface area (Å²) < 4.78 is 16.0. The van der Waals surface area contributed by atoms with Gasteiger partial charge in [0.15, 0.2) is 5.82 Å². The molecule has 0 spiro atoms. The van der Waals surface area contributed by atoms with Crippen LogP contribution in [-0.2, 0) is 6.54 Å². The van der Waals surface area contributed by atoms with E-state index in [0.29, 0.717) is 11.1 Å². The minimum absolute atomic E-state index is 0.0901. The Morgan fingerprint density at radius 2 is 2.17 bits per heavy atom. The molecule has 1 aromatic carbocycles. The molecule has 2 aromatic rings. The van der Waals surface area contributed by atoms with Crippen LogP contribution in [0.1, 0.15) is 11.1 Å². The lowest BCUT2D eigenvalue weighted by molar-refractivity contribution is 0.600. The standard InChI is InChI=1S/C13H12BrFN2O/c1-8-5-10(14)7-17(13(8)18)6-9-3-2-4-11(16)12(9)15/h2-5,7H,6,16H2,1H3. The number of aryl methyl sites for hydroxylation is 1. The average Bonchev–Trinajstić information content (AvgIpc) is 2.31.